The van der Waals surface area contributed by atoms with Gasteiger partial charge in [-0.1, -0.05) is 66.2 Å². The second kappa shape index (κ2) is 9.10. The molecule has 0 heterocycles. The summed E-state index contributed by atoms with van der Waals surface area (Å²) in [5.74, 6) is -0.454. The second-order valence-electron chi connectivity index (χ2n) is 6.68. The Morgan fingerprint density at radius 1 is 0.833 bits per heavy atom. The summed E-state index contributed by atoms with van der Waals surface area (Å²) in [4.78, 5) is 0. The molecule has 0 aliphatic rings. The number of benzene rings is 3. The molecule has 0 amide bonds. The topological polar surface area (TPSA) is 43.4 Å². The molecule has 3 aromatic rings. The number of alkyl halides is 3. The minimum absolute atomic E-state index is 0.0595. The molecule has 8 heteroatoms. The highest BCUT2D eigenvalue weighted by Gasteiger charge is 2.48. The third-order valence-electron chi connectivity index (χ3n) is 4.61. The molecule has 0 saturated heterocycles. The van der Waals surface area contributed by atoms with Crippen LogP contribution in [0.25, 0.3) is 0 Å². The van der Waals surface area contributed by atoms with Gasteiger partial charge in [0.15, 0.2) is 0 Å². The fourth-order valence-corrected chi connectivity index (χ4v) is 3.69. The highest BCUT2D eigenvalue weighted by Crippen LogP contribution is 2.33. The van der Waals surface area contributed by atoms with Crippen LogP contribution in [0.5, 0.6) is 5.75 Å². The van der Waals surface area contributed by atoms with Gasteiger partial charge in [-0.2, -0.15) is 21.6 Å². The maximum Gasteiger partial charge on any atom is 0.534 e. The Morgan fingerprint density at radius 2 is 1.37 bits per heavy atom. The molecule has 0 N–H and O–H groups in total. The van der Waals surface area contributed by atoms with Crippen molar-refractivity contribution in [2.24, 2.45) is 0 Å². The normalized spacial score (nSPS) is 13.1. The number of aryl methyl sites for hydroxylation is 1. The highest BCUT2D eigenvalue weighted by atomic mass is 35.5. The van der Waals surface area contributed by atoms with Gasteiger partial charge in [-0.25, -0.2) is 0 Å². The average molecular weight is 455 g/mol. The van der Waals surface area contributed by atoms with Crippen LogP contribution >= 0.6 is 11.6 Å². The Morgan fingerprint density at radius 3 is 1.90 bits per heavy atom. The van der Waals surface area contributed by atoms with Crippen molar-refractivity contribution in [1.82, 2.24) is 0 Å². The molecule has 0 bridgehead atoms. The van der Waals surface area contributed by atoms with Gasteiger partial charge in [0.05, 0.1) is 0 Å². The van der Waals surface area contributed by atoms with Gasteiger partial charge in [-0.15, -0.1) is 0 Å². The molecule has 0 aliphatic carbocycles. The van der Waals surface area contributed by atoms with E-state index < -0.39 is 21.4 Å². The van der Waals surface area contributed by atoms with E-state index in [-0.39, 0.29) is 5.92 Å². The predicted octanol–water partition coefficient (Wildman–Crippen LogP) is 6.33. The van der Waals surface area contributed by atoms with Gasteiger partial charge < -0.3 is 4.18 Å². The lowest BCUT2D eigenvalue weighted by molar-refractivity contribution is -0.0500. The van der Waals surface area contributed by atoms with E-state index >= 15 is 0 Å². The summed E-state index contributed by atoms with van der Waals surface area (Å²) in [5, 5.41) is 0.599. The smallest absolute Gasteiger partial charge is 0.376 e. The Hall–Kier alpha value is -2.51. The zero-order valence-corrected chi connectivity index (χ0v) is 17.2. The van der Waals surface area contributed by atoms with E-state index in [0.717, 1.165) is 29.5 Å². The third kappa shape index (κ3) is 5.55. The minimum Gasteiger partial charge on any atom is -0.376 e. The lowest BCUT2D eigenvalue weighted by Crippen LogP contribution is -2.28. The standard InChI is InChI=1S/C22H18ClF3O3S/c23-19-11-7-17(8-12-19)21(15-6-16-4-2-1-3-5-16)18-9-13-20(14-10-18)29-30(27,28)22(24,25)26/h1-5,7-14,21H,6,15H2. The monoisotopic (exact) mass is 454 g/mol. The van der Waals surface area contributed by atoms with Crippen LogP contribution < -0.4 is 4.18 Å². The molecule has 3 nitrogen and oxygen atoms in total. The summed E-state index contributed by atoms with van der Waals surface area (Å²) in [6.07, 6.45) is 1.53. The van der Waals surface area contributed by atoms with Crippen molar-refractivity contribution in [1.29, 1.82) is 0 Å². The summed E-state index contributed by atoms with van der Waals surface area (Å²) in [7, 11) is -5.70. The maximum atomic E-state index is 12.5. The van der Waals surface area contributed by atoms with Crippen LogP contribution in [0.2, 0.25) is 5.02 Å². The van der Waals surface area contributed by atoms with Crippen LogP contribution in [0.1, 0.15) is 29.0 Å². The molecule has 3 aromatic carbocycles. The molecule has 0 radical (unpaired) electrons. The molecule has 30 heavy (non-hydrogen) atoms. The Bertz CT molecular complexity index is 1070. The van der Waals surface area contributed by atoms with Gasteiger partial charge in [-0.3, -0.25) is 0 Å². The van der Waals surface area contributed by atoms with Crippen molar-refractivity contribution in [2.75, 3.05) is 0 Å². The molecule has 0 saturated carbocycles. The first-order valence-electron chi connectivity index (χ1n) is 9.06. The number of hydrogen-bond acceptors (Lipinski definition) is 3. The quantitative estimate of drug-likeness (QED) is 0.309. The van der Waals surface area contributed by atoms with Crippen molar-refractivity contribution < 1.29 is 25.8 Å². The second-order valence-corrected chi connectivity index (χ2v) is 8.65. The zero-order chi connectivity index (χ0) is 21.8. The molecule has 0 spiro atoms. The molecule has 0 aliphatic heterocycles. The third-order valence-corrected chi connectivity index (χ3v) is 5.84. The molecule has 3 rings (SSSR count). The average Bonchev–Trinajstić information content (AvgIpc) is 2.70. The summed E-state index contributed by atoms with van der Waals surface area (Å²) >= 11 is 5.99. The van der Waals surface area contributed by atoms with Crippen molar-refractivity contribution >= 4 is 21.7 Å². The van der Waals surface area contributed by atoms with E-state index in [9.17, 15) is 21.6 Å². The fourth-order valence-electron chi connectivity index (χ4n) is 3.11. The van der Waals surface area contributed by atoms with Gasteiger partial charge in [0.2, 0.25) is 0 Å². The Balaban J connectivity index is 1.84. The van der Waals surface area contributed by atoms with E-state index in [0.29, 0.717) is 5.02 Å². The fraction of sp³-hybridized carbons (Fsp3) is 0.182. The van der Waals surface area contributed by atoms with Gasteiger partial charge in [0.1, 0.15) is 5.75 Å². The molecule has 1 unspecified atom stereocenters. The van der Waals surface area contributed by atoms with Crippen molar-refractivity contribution in [2.45, 2.75) is 24.3 Å². The van der Waals surface area contributed by atoms with Crippen LogP contribution in [0, 0.1) is 0 Å². The molecule has 1 atom stereocenters. The van der Waals surface area contributed by atoms with Crippen LogP contribution in [0.4, 0.5) is 13.2 Å². The lowest BCUT2D eigenvalue weighted by Gasteiger charge is -2.19. The van der Waals surface area contributed by atoms with Crippen molar-refractivity contribution in [3.05, 3.63) is 101 Å². The van der Waals surface area contributed by atoms with Crippen LogP contribution in [0.3, 0.4) is 0 Å². The predicted molar refractivity (Wildman–Crippen MR) is 110 cm³/mol. The first-order chi connectivity index (χ1) is 14.2. The molecule has 158 valence electrons. The van der Waals surface area contributed by atoms with Crippen molar-refractivity contribution in [3.63, 3.8) is 0 Å². The van der Waals surface area contributed by atoms with E-state index in [1.165, 1.54) is 12.1 Å². The molecular formula is C22H18ClF3O3S. The first-order valence-corrected chi connectivity index (χ1v) is 10.8. The largest absolute Gasteiger partial charge is 0.534 e. The van der Waals surface area contributed by atoms with Crippen LogP contribution in [-0.4, -0.2) is 13.9 Å². The minimum atomic E-state index is -5.70. The number of hydrogen-bond donors (Lipinski definition) is 0. The van der Waals surface area contributed by atoms with E-state index in [4.69, 9.17) is 11.6 Å². The van der Waals surface area contributed by atoms with E-state index in [1.807, 2.05) is 42.5 Å². The molecule has 0 aromatic heterocycles. The van der Waals surface area contributed by atoms with Gasteiger partial charge in [0, 0.05) is 10.9 Å². The first kappa shape index (κ1) is 22.2. The SMILES string of the molecule is O=S(=O)(Oc1ccc(C(CCc2ccccc2)c2ccc(Cl)cc2)cc1)C(F)(F)F. The maximum absolute atomic E-state index is 12.5. The van der Waals surface area contributed by atoms with Gasteiger partial charge >= 0.3 is 15.6 Å². The molecular weight excluding hydrogens is 437 g/mol. The summed E-state index contributed by atoms with van der Waals surface area (Å²) in [6.45, 7) is 0. The van der Waals surface area contributed by atoms with Gasteiger partial charge in [-0.05, 0) is 53.8 Å². The number of halogens is 4. The zero-order valence-electron chi connectivity index (χ0n) is 15.6. The Kier molecular flexibility index (Phi) is 6.73. The summed E-state index contributed by atoms with van der Waals surface area (Å²) in [6, 6.07) is 22.9. The van der Waals surface area contributed by atoms with Crippen molar-refractivity contribution in [3.8, 4) is 5.75 Å². The number of rotatable bonds is 7. The molecule has 0 fully saturated rings. The van der Waals surface area contributed by atoms with E-state index in [2.05, 4.69) is 4.18 Å². The Labute approximate surface area is 178 Å². The van der Waals surface area contributed by atoms with Gasteiger partial charge in [0.25, 0.3) is 0 Å². The summed E-state index contributed by atoms with van der Waals surface area (Å²) in [5.41, 5.74) is -2.50. The highest BCUT2D eigenvalue weighted by molar-refractivity contribution is 7.88. The van der Waals surface area contributed by atoms with Crippen LogP contribution in [-0.2, 0) is 16.5 Å². The lowest BCUT2D eigenvalue weighted by atomic mass is 9.86. The summed E-state index contributed by atoms with van der Waals surface area (Å²) < 4.78 is 64.1. The van der Waals surface area contributed by atoms with E-state index in [1.54, 1.807) is 24.3 Å². The van der Waals surface area contributed by atoms with Crippen LogP contribution in [0.15, 0.2) is 78.9 Å².